The van der Waals surface area contributed by atoms with Crippen LogP contribution in [0.15, 0.2) is 36.4 Å². The number of nitrogens with one attached hydrogen (secondary N) is 1. The van der Waals surface area contributed by atoms with Gasteiger partial charge in [-0.1, -0.05) is 78.5 Å². The summed E-state index contributed by atoms with van der Waals surface area (Å²) in [5.74, 6) is -0.860. The fourth-order valence-corrected chi connectivity index (χ4v) is 5.21. The van der Waals surface area contributed by atoms with Crippen LogP contribution in [0.5, 0.6) is 0 Å². The smallest absolute Gasteiger partial charge is 0.244 e. The van der Waals surface area contributed by atoms with Crippen molar-refractivity contribution in [3.8, 4) is 0 Å². The zero-order valence-electron chi connectivity index (χ0n) is 21.0. The molecule has 0 aromatic heterocycles. The molecule has 0 radical (unpaired) electrons. The van der Waals surface area contributed by atoms with Gasteiger partial charge in [0.05, 0.1) is 27.0 Å². The molecule has 2 amide bonds. The first-order chi connectivity index (χ1) is 16.8. The molecule has 0 fully saturated rings. The summed E-state index contributed by atoms with van der Waals surface area (Å²) in [6.07, 6.45) is 2.04. The Morgan fingerprint density at radius 2 is 1.64 bits per heavy atom. The van der Waals surface area contributed by atoms with E-state index in [1.54, 1.807) is 0 Å². The quantitative estimate of drug-likeness (QED) is 0.361. The van der Waals surface area contributed by atoms with E-state index < -0.39 is 28.5 Å². The minimum atomic E-state index is -3.95. The van der Waals surface area contributed by atoms with Gasteiger partial charge in [-0.05, 0) is 44.4 Å². The Balaban J connectivity index is 2.51. The Morgan fingerprint density at radius 3 is 2.19 bits per heavy atom. The molecular weight excluding hydrogens is 545 g/mol. The van der Waals surface area contributed by atoms with Gasteiger partial charge in [0.15, 0.2) is 0 Å². The number of amides is 2. The topological polar surface area (TPSA) is 86.8 Å². The number of hydrogen-bond donors (Lipinski definition) is 1. The van der Waals surface area contributed by atoms with Crippen molar-refractivity contribution >= 4 is 62.3 Å². The second-order valence-corrected chi connectivity index (χ2v) is 11.9. The summed E-state index contributed by atoms with van der Waals surface area (Å²) in [7, 11) is -3.95. The van der Waals surface area contributed by atoms with Gasteiger partial charge in [0.1, 0.15) is 12.6 Å². The molecule has 7 nitrogen and oxygen atoms in total. The maximum atomic E-state index is 13.7. The van der Waals surface area contributed by atoms with Crippen molar-refractivity contribution in [3.63, 3.8) is 0 Å². The van der Waals surface area contributed by atoms with Crippen molar-refractivity contribution in [2.45, 2.75) is 59.2 Å². The summed E-state index contributed by atoms with van der Waals surface area (Å²) in [6.45, 7) is 7.12. The molecule has 2 rings (SSSR count). The second-order valence-electron chi connectivity index (χ2n) is 8.74. The van der Waals surface area contributed by atoms with Crippen molar-refractivity contribution in [2.24, 2.45) is 0 Å². The SMILES string of the molecule is CC[C@@H](C)NC(=O)[C@@H](CC)N(Cc1cccc(C)c1)C(=O)CN(c1cc(Cl)c(Cl)cc1Cl)S(C)(=O)=O. The Bertz CT molecular complexity index is 1210. The molecule has 0 unspecified atom stereocenters. The maximum absolute atomic E-state index is 13.7. The van der Waals surface area contributed by atoms with Crippen LogP contribution in [-0.4, -0.2) is 50.0 Å². The Kier molecular flexibility index (Phi) is 10.9. The monoisotopic (exact) mass is 575 g/mol. The van der Waals surface area contributed by atoms with Crippen LogP contribution < -0.4 is 9.62 Å². The fourth-order valence-electron chi connectivity index (χ4n) is 3.67. The lowest BCUT2D eigenvalue weighted by atomic mass is 10.1. The van der Waals surface area contributed by atoms with E-state index in [2.05, 4.69) is 5.32 Å². The standard InChI is InChI=1S/C25H32Cl3N3O4S/c1-6-17(4)29-25(33)22(7-2)30(14-18-10-8-9-16(3)11-18)24(32)15-31(36(5,34)35)23-13-20(27)19(26)12-21(23)28/h8-13,17,22H,6-7,14-15H2,1-5H3,(H,29,33)/t17-,22-/m1/s1. The van der Waals surface area contributed by atoms with Crippen LogP contribution in [0.3, 0.4) is 0 Å². The number of halogens is 3. The fraction of sp³-hybridized carbons (Fsp3) is 0.440. The first-order valence-corrected chi connectivity index (χ1v) is 14.5. The number of sulfonamides is 1. The largest absolute Gasteiger partial charge is 0.352 e. The van der Waals surface area contributed by atoms with Gasteiger partial charge in [0, 0.05) is 12.6 Å². The van der Waals surface area contributed by atoms with E-state index in [4.69, 9.17) is 34.8 Å². The van der Waals surface area contributed by atoms with Crippen LogP contribution in [-0.2, 0) is 26.2 Å². The van der Waals surface area contributed by atoms with Crippen LogP contribution in [0.4, 0.5) is 5.69 Å². The maximum Gasteiger partial charge on any atom is 0.244 e. The predicted octanol–water partition coefficient (Wildman–Crippen LogP) is 5.44. The molecule has 1 N–H and O–H groups in total. The summed E-state index contributed by atoms with van der Waals surface area (Å²) >= 11 is 18.4. The van der Waals surface area contributed by atoms with Crippen molar-refractivity contribution in [1.29, 1.82) is 0 Å². The van der Waals surface area contributed by atoms with E-state index in [-0.39, 0.29) is 39.2 Å². The lowest BCUT2D eigenvalue weighted by molar-refractivity contribution is -0.140. The number of benzene rings is 2. The zero-order chi connectivity index (χ0) is 27.2. The molecule has 0 saturated carbocycles. The first kappa shape index (κ1) is 30.2. The number of carbonyl (C=O) groups excluding carboxylic acids is 2. The summed E-state index contributed by atoms with van der Waals surface area (Å²) < 4.78 is 26.4. The number of aryl methyl sites for hydroxylation is 1. The molecule has 2 atom stereocenters. The molecule has 0 spiro atoms. The lowest BCUT2D eigenvalue weighted by Crippen LogP contribution is -2.53. The number of anilines is 1. The average molecular weight is 577 g/mol. The third-order valence-electron chi connectivity index (χ3n) is 5.76. The average Bonchev–Trinajstić information content (AvgIpc) is 2.79. The highest BCUT2D eigenvalue weighted by Gasteiger charge is 2.33. The van der Waals surface area contributed by atoms with Gasteiger partial charge in [0.2, 0.25) is 21.8 Å². The lowest BCUT2D eigenvalue weighted by Gasteiger charge is -2.33. The normalized spacial score (nSPS) is 13.1. The van der Waals surface area contributed by atoms with Crippen LogP contribution in [0.2, 0.25) is 15.1 Å². The van der Waals surface area contributed by atoms with Crippen molar-refractivity contribution < 1.29 is 18.0 Å². The van der Waals surface area contributed by atoms with Gasteiger partial charge in [-0.25, -0.2) is 8.42 Å². The van der Waals surface area contributed by atoms with Crippen LogP contribution in [0.1, 0.15) is 44.7 Å². The molecule has 0 heterocycles. The van der Waals surface area contributed by atoms with E-state index in [0.29, 0.717) is 6.42 Å². The molecule has 36 heavy (non-hydrogen) atoms. The van der Waals surface area contributed by atoms with Gasteiger partial charge in [0.25, 0.3) is 0 Å². The summed E-state index contributed by atoms with van der Waals surface area (Å²) in [5, 5.41) is 3.20. The number of nitrogens with zero attached hydrogens (tertiary/aromatic N) is 2. The Hall–Kier alpha value is -2.00. The number of rotatable bonds is 11. The highest BCUT2D eigenvalue weighted by Crippen LogP contribution is 2.35. The molecule has 0 bridgehead atoms. The van der Waals surface area contributed by atoms with Crippen molar-refractivity contribution in [1.82, 2.24) is 10.2 Å². The van der Waals surface area contributed by atoms with Gasteiger partial charge in [-0.2, -0.15) is 0 Å². The van der Waals surface area contributed by atoms with Gasteiger partial charge in [-0.15, -0.1) is 0 Å². The Labute approximate surface area is 228 Å². The van der Waals surface area contributed by atoms with E-state index in [1.807, 2.05) is 52.0 Å². The van der Waals surface area contributed by atoms with E-state index in [0.717, 1.165) is 28.1 Å². The molecule has 2 aromatic rings. The van der Waals surface area contributed by atoms with E-state index in [9.17, 15) is 18.0 Å². The van der Waals surface area contributed by atoms with Crippen LogP contribution in [0.25, 0.3) is 0 Å². The molecule has 198 valence electrons. The molecule has 0 aliphatic heterocycles. The molecule has 2 aromatic carbocycles. The number of carbonyl (C=O) groups is 2. The highest BCUT2D eigenvalue weighted by molar-refractivity contribution is 7.92. The van der Waals surface area contributed by atoms with Gasteiger partial charge < -0.3 is 10.2 Å². The van der Waals surface area contributed by atoms with E-state index in [1.165, 1.54) is 17.0 Å². The first-order valence-electron chi connectivity index (χ1n) is 11.6. The predicted molar refractivity (Wildman–Crippen MR) is 147 cm³/mol. The second kappa shape index (κ2) is 13.0. The highest BCUT2D eigenvalue weighted by atomic mass is 35.5. The van der Waals surface area contributed by atoms with Crippen molar-refractivity contribution in [3.05, 3.63) is 62.6 Å². The molecule has 0 saturated heterocycles. The summed E-state index contributed by atoms with van der Waals surface area (Å²) in [6, 6.07) is 9.32. The molecular formula is C25H32Cl3N3O4S. The molecule has 11 heteroatoms. The minimum Gasteiger partial charge on any atom is -0.352 e. The third kappa shape index (κ3) is 8.00. The van der Waals surface area contributed by atoms with E-state index >= 15 is 0 Å². The van der Waals surface area contributed by atoms with Gasteiger partial charge >= 0.3 is 0 Å². The Morgan fingerprint density at radius 1 is 1.00 bits per heavy atom. The van der Waals surface area contributed by atoms with Crippen LogP contribution >= 0.6 is 34.8 Å². The third-order valence-corrected chi connectivity index (χ3v) is 7.91. The zero-order valence-corrected chi connectivity index (χ0v) is 24.1. The number of hydrogen-bond acceptors (Lipinski definition) is 4. The minimum absolute atomic E-state index is 0.0226. The molecule has 0 aliphatic rings. The summed E-state index contributed by atoms with van der Waals surface area (Å²) in [5.41, 5.74) is 1.84. The van der Waals surface area contributed by atoms with Crippen LogP contribution in [0, 0.1) is 6.92 Å². The molecule has 0 aliphatic carbocycles. The van der Waals surface area contributed by atoms with Crippen molar-refractivity contribution in [2.75, 3.05) is 17.1 Å². The van der Waals surface area contributed by atoms with Gasteiger partial charge in [-0.3, -0.25) is 13.9 Å². The summed E-state index contributed by atoms with van der Waals surface area (Å²) in [4.78, 5) is 28.3.